The van der Waals surface area contributed by atoms with Gasteiger partial charge in [-0.05, 0) is 73.4 Å². The standard InChI is InChI=1S/C23H29Cl2N/c1-3-5-9-19-17-11-7-8-12-18(17)20(10-6-4-2)23(19)26-22-14-13-16(24)15-21(22)25/h11,13-15,19H,3-10,12H2,1-2H3. The van der Waals surface area contributed by atoms with Crippen molar-refractivity contribution in [2.75, 3.05) is 0 Å². The van der Waals surface area contributed by atoms with Crippen LogP contribution < -0.4 is 0 Å². The predicted octanol–water partition coefficient (Wildman–Crippen LogP) is 8.48. The third-order valence-electron chi connectivity index (χ3n) is 5.50. The van der Waals surface area contributed by atoms with E-state index in [1.54, 1.807) is 17.2 Å². The molecule has 0 fully saturated rings. The van der Waals surface area contributed by atoms with E-state index in [9.17, 15) is 0 Å². The second-order valence-electron chi connectivity index (χ2n) is 7.40. The minimum absolute atomic E-state index is 0.448. The van der Waals surface area contributed by atoms with Crippen LogP contribution >= 0.6 is 23.2 Å². The van der Waals surface area contributed by atoms with Crippen LogP contribution in [0.5, 0.6) is 0 Å². The van der Waals surface area contributed by atoms with E-state index in [1.807, 2.05) is 12.1 Å². The second-order valence-corrected chi connectivity index (χ2v) is 8.24. The van der Waals surface area contributed by atoms with Crippen molar-refractivity contribution in [3.05, 3.63) is 51.0 Å². The first kappa shape index (κ1) is 19.7. The third kappa shape index (κ3) is 4.26. The minimum Gasteiger partial charge on any atom is -0.251 e. The van der Waals surface area contributed by atoms with Gasteiger partial charge in [-0.1, -0.05) is 62.4 Å². The zero-order valence-corrected chi connectivity index (χ0v) is 17.5. The highest BCUT2D eigenvalue weighted by atomic mass is 35.5. The highest BCUT2D eigenvalue weighted by Gasteiger charge is 2.35. The number of unbranched alkanes of at least 4 members (excludes halogenated alkanes) is 2. The molecule has 1 aromatic rings. The van der Waals surface area contributed by atoms with Crippen LogP contribution in [0.15, 0.2) is 46.0 Å². The Labute approximate surface area is 168 Å². The van der Waals surface area contributed by atoms with E-state index in [0.29, 0.717) is 16.0 Å². The largest absolute Gasteiger partial charge is 0.251 e. The van der Waals surface area contributed by atoms with Crippen molar-refractivity contribution in [2.24, 2.45) is 10.9 Å². The molecule has 0 saturated carbocycles. The summed E-state index contributed by atoms with van der Waals surface area (Å²) in [5.74, 6) is 0.448. The fraction of sp³-hybridized carbons (Fsp3) is 0.522. The molecule has 0 saturated heterocycles. The van der Waals surface area contributed by atoms with Crippen molar-refractivity contribution < 1.29 is 0 Å². The summed E-state index contributed by atoms with van der Waals surface area (Å²) in [5.41, 5.74) is 6.79. The second kappa shape index (κ2) is 9.24. The predicted molar refractivity (Wildman–Crippen MR) is 115 cm³/mol. The zero-order chi connectivity index (χ0) is 18.5. The van der Waals surface area contributed by atoms with Crippen LogP contribution in [0.25, 0.3) is 0 Å². The molecule has 0 spiro atoms. The van der Waals surface area contributed by atoms with Gasteiger partial charge in [-0.25, -0.2) is 0 Å². The van der Waals surface area contributed by atoms with Gasteiger partial charge in [-0.2, -0.15) is 0 Å². The Morgan fingerprint density at radius 1 is 1.12 bits per heavy atom. The Bertz CT molecular complexity index is 743. The average Bonchev–Trinajstić information content (AvgIpc) is 2.93. The Morgan fingerprint density at radius 2 is 1.92 bits per heavy atom. The summed E-state index contributed by atoms with van der Waals surface area (Å²) in [6.07, 6.45) is 13.4. The topological polar surface area (TPSA) is 12.4 Å². The lowest BCUT2D eigenvalue weighted by molar-refractivity contribution is 0.639. The van der Waals surface area contributed by atoms with Crippen molar-refractivity contribution in [1.29, 1.82) is 0 Å². The van der Waals surface area contributed by atoms with E-state index in [0.717, 1.165) is 12.1 Å². The maximum absolute atomic E-state index is 6.44. The zero-order valence-electron chi connectivity index (χ0n) is 16.0. The van der Waals surface area contributed by atoms with Crippen LogP contribution in [0.3, 0.4) is 0 Å². The third-order valence-corrected chi connectivity index (χ3v) is 6.04. The fourth-order valence-electron chi connectivity index (χ4n) is 4.17. The molecule has 140 valence electrons. The number of allylic oxidation sites excluding steroid dienone is 4. The molecule has 0 radical (unpaired) electrons. The van der Waals surface area contributed by atoms with Gasteiger partial charge in [-0.3, -0.25) is 4.99 Å². The molecule has 0 aliphatic heterocycles. The molecule has 0 aromatic heterocycles. The highest BCUT2D eigenvalue weighted by Crippen LogP contribution is 2.45. The van der Waals surface area contributed by atoms with E-state index in [2.05, 4.69) is 19.9 Å². The van der Waals surface area contributed by atoms with Gasteiger partial charge >= 0.3 is 0 Å². The maximum atomic E-state index is 6.44. The van der Waals surface area contributed by atoms with Gasteiger partial charge in [0, 0.05) is 10.9 Å². The quantitative estimate of drug-likeness (QED) is 0.443. The molecule has 3 rings (SSSR count). The maximum Gasteiger partial charge on any atom is 0.0820 e. The first-order chi connectivity index (χ1) is 12.7. The number of fused-ring (bicyclic) bond motifs is 1. The summed E-state index contributed by atoms with van der Waals surface area (Å²) in [6.45, 7) is 4.53. The van der Waals surface area contributed by atoms with E-state index in [1.165, 1.54) is 62.7 Å². The molecule has 0 amide bonds. The molecule has 26 heavy (non-hydrogen) atoms. The highest BCUT2D eigenvalue weighted by molar-refractivity contribution is 6.36. The van der Waals surface area contributed by atoms with Crippen molar-refractivity contribution in [2.45, 2.75) is 71.6 Å². The summed E-state index contributed by atoms with van der Waals surface area (Å²) in [4.78, 5) is 5.12. The summed E-state index contributed by atoms with van der Waals surface area (Å²) in [5, 5.41) is 1.30. The van der Waals surface area contributed by atoms with Gasteiger partial charge in [0.15, 0.2) is 0 Å². The average molecular weight is 390 g/mol. The van der Waals surface area contributed by atoms with Gasteiger partial charge < -0.3 is 0 Å². The Morgan fingerprint density at radius 3 is 2.65 bits per heavy atom. The molecule has 2 aliphatic rings. The molecule has 3 heteroatoms. The van der Waals surface area contributed by atoms with Crippen LogP contribution in [0.1, 0.15) is 71.6 Å². The van der Waals surface area contributed by atoms with Crippen LogP contribution in [0.4, 0.5) is 5.69 Å². The monoisotopic (exact) mass is 389 g/mol. The van der Waals surface area contributed by atoms with Crippen molar-refractivity contribution >= 4 is 34.6 Å². The van der Waals surface area contributed by atoms with E-state index in [4.69, 9.17) is 28.2 Å². The fourth-order valence-corrected chi connectivity index (χ4v) is 4.62. The molecule has 1 aromatic carbocycles. The first-order valence-electron chi connectivity index (χ1n) is 10.1. The lowest BCUT2D eigenvalue weighted by Gasteiger charge is -2.18. The lowest BCUT2D eigenvalue weighted by Crippen LogP contribution is -2.13. The molecule has 1 atom stereocenters. The normalized spacial score (nSPS) is 21.3. The lowest BCUT2D eigenvalue weighted by atomic mass is 9.87. The number of halogens is 2. The van der Waals surface area contributed by atoms with Gasteiger partial charge in [0.1, 0.15) is 0 Å². The molecule has 0 heterocycles. The minimum atomic E-state index is 0.448. The smallest absolute Gasteiger partial charge is 0.0820 e. The van der Waals surface area contributed by atoms with Gasteiger partial charge in [0.2, 0.25) is 0 Å². The molecular weight excluding hydrogens is 361 g/mol. The Hall–Kier alpha value is -1.05. The first-order valence-corrected chi connectivity index (χ1v) is 10.9. The van der Waals surface area contributed by atoms with Crippen LogP contribution in [0, 0.1) is 5.92 Å². The van der Waals surface area contributed by atoms with Crippen LogP contribution in [0.2, 0.25) is 10.0 Å². The van der Waals surface area contributed by atoms with E-state index in [-0.39, 0.29) is 0 Å². The summed E-state index contributed by atoms with van der Waals surface area (Å²) < 4.78 is 0. The van der Waals surface area contributed by atoms with E-state index >= 15 is 0 Å². The van der Waals surface area contributed by atoms with Gasteiger partial charge in [0.25, 0.3) is 0 Å². The molecule has 1 nitrogen and oxygen atoms in total. The summed E-state index contributed by atoms with van der Waals surface area (Å²) >= 11 is 12.5. The summed E-state index contributed by atoms with van der Waals surface area (Å²) in [6, 6.07) is 5.63. The Kier molecular flexibility index (Phi) is 7.00. The number of hydrogen-bond donors (Lipinski definition) is 0. The van der Waals surface area contributed by atoms with Crippen molar-refractivity contribution in [3.8, 4) is 0 Å². The summed E-state index contributed by atoms with van der Waals surface area (Å²) in [7, 11) is 0. The SMILES string of the molecule is CCCCC1=C2CCCC=C2C(CCCC)C1=Nc1ccc(Cl)cc1Cl. The molecule has 1 unspecified atom stereocenters. The number of hydrogen-bond acceptors (Lipinski definition) is 1. The number of benzene rings is 1. The molecular formula is C23H29Cl2N. The number of nitrogens with zero attached hydrogens (tertiary/aromatic N) is 1. The van der Waals surface area contributed by atoms with Gasteiger partial charge in [0.05, 0.1) is 16.4 Å². The van der Waals surface area contributed by atoms with Crippen LogP contribution in [-0.2, 0) is 0 Å². The number of aliphatic imine (C=N–C) groups is 1. The van der Waals surface area contributed by atoms with Crippen LogP contribution in [-0.4, -0.2) is 5.71 Å². The van der Waals surface area contributed by atoms with Crippen molar-refractivity contribution in [3.63, 3.8) is 0 Å². The van der Waals surface area contributed by atoms with Gasteiger partial charge in [-0.15, -0.1) is 0 Å². The Balaban J connectivity index is 2.06. The number of rotatable bonds is 7. The molecule has 2 aliphatic carbocycles. The molecule has 0 bridgehead atoms. The van der Waals surface area contributed by atoms with E-state index < -0.39 is 0 Å². The molecule has 0 N–H and O–H groups in total. The van der Waals surface area contributed by atoms with Crippen molar-refractivity contribution in [1.82, 2.24) is 0 Å².